The first-order valence-corrected chi connectivity index (χ1v) is 12.8. The molecule has 0 radical (unpaired) electrons. The number of hydrogen-bond acceptors (Lipinski definition) is 4. The monoisotopic (exact) mass is 515 g/mol. The highest BCUT2D eigenvalue weighted by Gasteiger charge is 2.46. The van der Waals surface area contributed by atoms with Crippen LogP contribution in [-0.4, -0.2) is 49.6 Å². The highest BCUT2D eigenvalue weighted by Crippen LogP contribution is 2.40. The Hall–Kier alpha value is -4.20. The molecule has 38 heavy (non-hydrogen) atoms. The van der Waals surface area contributed by atoms with E-state index in [1.165, 1.54) is 19.2 Å². The summed E-state index contributed by atoms with van der Waals surface area (Å²) in [4.78, 5) is 45.2. The molecule has 5 rings (SSSR count). The normalized spacial score (nSPS) is 16.1. The number of carbonyl (C=O) groups excluding carboxylic acids is 3. The van der Waals surface area contributed by atoms with Crippen molar-refractivity contribution in [1.82, 2.24) is 4.90 Å². The SMILES string of the molecule is COC(=O)C1(CC(=O)N(c2ccccc2)c2ccccc2)CCN(C(=O)N2CCc3ccc(F)cc32)CC1. The maximum absolute atomic E-state index is 13.9. The van der Waals surface area contributed by atoms with Crippen LogP contribution in [0, 0.1) is 11.2 Å². The molecule has 0 bridgehead atoms. The van der Waals surface area contributed by atoms with Crippen molar-refractivity contribution < 1.29 is 23.5 Å². The third-order valence-electron chi connectivity index (χ3n) is 7.55. The second-order valence-electron chi connectivity index (χ2n) is 9.79. The van der Waals surface area contributed by atoms with Gasteiger partial charge in [0.2, 0.25) is 5.91 Å². The minimum absolute atomic E-state index is 0.0523. The van der Waals surface area contributed by atoms with E-state index in [2.05, 4.69) is 0 Å². The summed E-state index contributed by atoms with van der Waals surface area (Å²) in [5.41, 5.74) is 1.89. The molecule has 0 unspecified atom stereocenters. The Morgan fingerprint density at radius 3 is 2.08 bits per heavy atom. The number of nitrogens with zero attached hydrogens (tertiary/aromatic N) is 3. The number of piperidine rings is 1. The summed E-state index contributed by atoms with van der Waals surface area (Å²) < 4.78 is 19.0. The lowest BCUT2D eigenvalue weighted by Gasteiger charge is -2.41. The Labute approximate surface area is 221 Å². The fraction of sp³-hybridized carbons (Fsp3) is 0.300. The van der Waals surface area contributed by atoms with E-state index in [0.717, 1.165) is 5.56 Å². The fourth-order valence-electron chi connectivity index (χ4n) is 5.48. The molecular formula is C30H30FN3O4. The van der Waals surface area contributed by atoms with Crippen LogP contribution >= 0.6 is 0 Å². The van der Waals surface area contributed by atoms with Crippen LogP contribution in [-0.2, 0) is 20.7 Å². The maximum Gasteiger partial charge on any atom is 0.324 e. The summed E-state index contributed by atoms with van der Waals surface area (Å²) in [6.45, 7) is 1.07. The minimum Gasteiger partial charge on any atom is -0.469 e. The van der Waals surface area contributed by atoms with Gasteiger partial charge in [0.05, 0.1) is 18.2 Å². The summed E-state index contributed by atoms with van der Waals surface area (Å²) in [6, 6.07) is 22.9. The molecule has 2 heterocycles. The zero-order valence-corrected chi connectivity index (χ0v) is 21.3. The molecule has 0 saturated carbocycles. The number of para-hydroxylation sites is 2. The van der Waals surface area contributed by atoms with Crippen molar-refractivity contribution >= 4 is 35.0 Å². The van der Waals surface area contributed by atoms with Crippen molar-refractivity contribution in [2.75, 3.05) is 36.5 Å². The second kappa shape index (κ2) is 10.7. The largest absolute Gasteiger partial charge is 0.469 e. The first kappa shape index (κ1) is 25.4. The summed E-state index contributed by atoms with van der Waals surface area (Å²) in [5, 5.41) is 0. The molecule has 3 amide bonds. The molecule has 3 aromatic carbocycles. The number of fused-ring (bicyclic) bond motifs is 1. The molecule has 1 fully saturated rings. The van der Waals surface area contributed by atoms with Crippen LogP contribution in [0.25, 0.3) is 0 Å². The van der Waals surface area contributed by atoms with Gasteiger partial charge in [-0.2, -0.15) is 0 Å². The zero-order valence-electron chi connectivity index (χ0n) is 21.3. The van der Waals surface area contributed by atoms with E-state index in [1.807, 2.05) is 60.7 Å². The Morgan fingerprint density at radius 1 is 0.895 bits per heavy atom. The topological polar surface area (TPSA) is 70.2 Å². The van der Waals surface area contributed by atoms with Gasteiger partial charge in [-0.05, 0) is 61.2 Å². The van der Waals surface area contributed by atoms with Gasteiger partial charge in [0.1, 0.15) is 5.82 Å². The Kier molecular flexibility index (Phi) is 7.13. The zero-order chi connectivity index (χ0) is 26.7. The smallest absolute Gasteiger partial charge is 0.324 e. The number of likely N-dealkylation sites (tertiary alicyclic amines) is 1. The number of methoxy groups -OCH3 is 1. The Balaban J connectivity index is 1.35. The van der Waals surface area contributed by atoms with E-state index >= 15 is 0 Å². The first-order valence-electron chi connectivity index (χ1n) is 12.8. The summed E-state index contributed by atoms with van der Waals surface area (Å²) in [5.74, 6) is -1.06. The number of halogens is 1. The third-order valence-corrected chi connectivity index (χ3v) is 7.55. The molecule has 0 aliphatic carbocycles. The molecule has 0 spiro atoms. The van der Waals surface area contributed by atoms with Crippen molar-refractivity contribution in [3.8, 4) is 0 Å². The van der Waals surface area contributed by atoms with Gasteiger partial charge in [-0.1, -0.05) is 42.5 Å². The van der Waals surface area contributed by atoms with Gasteiger partial charge in [-0.3, -0.25) is 19.4 Å². The van der Waals surface area contributed by atoms with E-state index in [1.54, 1.807) is 20.8 Å². The Morgan fingerprint density at radius 2 is 1.50 bits per heavy atom. The number of hydrogen-bond donors (Lipinski definition) is 0. The number of ether oxygens (including phenoxy) is 1. The number of rotatable bonds is 5. The molecule has 2 aliphatic heterocycles. The lowest BCUT2D eigenvalue weighted by Crippen LogP contribution is -2.52. The van der Waals surface area contributed by atoms with Crippen LogP contribution in [0.3, 0.4) is 0 Å². The van der Waals surface area contributed by atoms with Gasteiger partial charge >= 0.3 is 12.0 Å². The quantitative estimate of drug-likeness (QED) is 0.432. The molecule has 8 heteroatoms. The minimum atomic E-state index is -1.06. The lowest BCUT2D eigenvalue weighted by molar-refractivity contribution is -0.157. The molecule has 7 nitrogen and oxygen atoms in total. The van der Waals surface area contributed by atoms with E-state index in [0.29, 0.717) is 56.0 Å². The average Bonchev–Trinajstić information content (AvgIpc) is 3.37. The highest BCUT2D eigenvalue weighted by molar-refractivity contribution is 6.02. The third kappa shape index (κ3) is 4.86. The van der Waals surface area contributed by atoms with Crippen LogP contribution in [0.15, 0.2) is 78.9 Å². The predicted molar refractivity (Wildman–Crippen MR) is 143 cm³/mol. The number of anilines is 3. The standard InChI is InChI=1S/C30H30FN3O4/c1-38-28(36)30(21-27(35)34(24-8-4-2-5-9-24)25-10-6-3-7-11-25)15-18-32(19-16-30)29(37)33-17-14-22-12-13-23(31)20-26(22)33/h2-13,20H,14-19,21H2,1H3. The van der Waals surface area contributed by atoms with Gasteiger partial charge < -0.3 is 9.64 Å². The van der Waals surface area contributed by atoms with Crippen LogP contribution < -0.4 is 9.80 Å². The Bertz CT molecular complexity index is 1280. The number of carbonyl (C=O) groups is 3. The summed E-state index contributed by atoms with van der Waals surface area (Å²) >= 11 is 0. The van der Waals surface area contributed by atoms with Crippen molar-refractivity contribution in [3.63, 3.8) is 0 Å². The second-order valence-corrected chi connectivity index (χ2v) is 9.79. The van der Waals surface area contributed by atoms with Crippen molar-refractivity contribution in [2.24, 2.45) is 5.41 Å². The van der Waals surface area contributed by atoms with Crippen LogP contribution in [0.1, 0.15) is 24.8 Å². The molecule has 0 N–H and O–H groups in total. The number of esters is 1. The molecular weight excluding hydrogens is 485 g/mol. The molecule has 1 saturated heterocycles. The van der Waals surface area contributed by atoms with Crippen molar-refractivity contribution in [3.05, 3.63) is 90.2 Å². The van der Waals surface area contributed by atoms with Gasteiger partial charge in [0, 0.05) is 37.4 Å². The van der Waals surface area contributed by atoms with Gasteiger partial charge in [0.25, 0.3) is 0 Å². The molecule has 0 aromatic heterocycles. The number of amides is 3. The summed E-state index contributed by atoms with van der Waals surface area (Å²) in [7, 11) is 1.33. The van der Waals surface area contributed by atoms with E-state index in [9.17, 15) is 18.8 Å². The van der Waals surface area contributed by atoms with Crippen molar-refractivity contribution in [1.29, 1.82) is 0 Å². The van der Waals surface area contributed by atoms with Crippen LogP contribution in [0.2, 0.25) is 0 Å². The lowest BCUT2D eigenvalue weighted by atomic mass is 9.75. The van der Waals surface area contributed by atoms with E-state index in [4.69, 9.17) is 4.74 Å². The van der Waals surface area contributed by atoms with Crippen molar-refractivity contribution in [2.45, 2.75) is 25.7 Å². The average molecular weight is 516 g/mol. The predicted octanol–water partition coefficient (Wildman–Crippen LogP) is 5.32. The number of benzene rings is 3. The molecule has 196 valence electrons. The maximum atomic E-state index is 13.9. The summed E-state index contributed by atoms with van der Waals surface area (Å²) in [6.07, 6.45) is 1.20. The van der Waals surface area contributed by atoms with E-state index in [-0.39, 0.29) is 24.2 Å². The van der Waals surface area contributed by atoms with Gasteiger partial charge in [-0.25, -0.2) is 9.18 Å². The molecule has 3 aromatic rings. The van der Waals surface area contributed by atoms with Gasteiger partial charge in [-0.15, -0.1) is 0 Å². The molecule has 2 aliphatic rings. The van der Waals surface area contributed by atoms with Gasteiger partial charge in [0.15, 0.2) is 0 Å². The fourth-order valence-corrected chi connectivity index (χ4v) is 5.48. The van der Waals surface area contributed by atoms with E-state index < -0.39 is 11.4 Å². The number of urea groups is 1. The first-order chi connectivity index (χ1) is 18.4. The highest BCUT2D eigenvalue weighted by atomic mass is 19.1. The molecule has 0 atom stereocenters. The van der Waals surface area contributed by atoms with Crippen LogP contribution in [0.5, 0.6) is 0 Å². The van der Waals surface area contributed by atoms with Crippen LogP contribution in [0.4, 0.5) is 26.2 Å².